The minimum absolute atomic E-state index is 0.0437. The monoisotopic (exact) mass is 523 g/mol. The Labute approximate surface area is 233 Å². The van der Waals surface area contributed by atoms with Crippen molar-refractivity contribution < 1.29 is 14.1 Å². The number of nitrogens with zero attached hydrogens (tertiary/aromatic N) is 1. The molecule has 0 atom stereocenters. The maximum absolute atomic E-state index is 12.6. The van der Waals surface area contributed by atoms with Crippen molar-refractivity contribution in [1.29, 1.82) is 0 Å². The van der Waals surface area contributed by atoms with Crippen LogP contribution in [0.2, 0.25) is 0 Å². The van der Waals surface area contributed by atoms with Crippen LogP contribution in [0.5, 0.6) is 5.75 Å². The average Bonchev–Trinajstić information content (AvgIpc) is 2.90. The van der Waals surface area contributed by atoms with Crippen molar-refractivity contribution in [3.63, 3.8) is 0 Å². The smallest absolute Gasteiger partial charge is 0.224 e. The van der Waals surface area contributed by atoms with E-state index in [4.69, 9.17) is 4.74 Å². The van der Waals surface area contributed by atoms with Gasteiger partial charge in [0.2, 0.25) is 5.91 Å². The van der Waals surface area contributed by atoms with E-state index in [9.17, 15) is 4.79 Å². The number of nitrogens with one attached hydrogen (secondary N) is 1. The standard InChI is InChI=1S/C34H54N2O2/c1-6-8-9-10-11-12-13-14-15-16-17-18-25-38-32-20-19-30(26-31(32)34(3,4)5)27-33(37)35-28-29-21-23-36(7-2)24-22-29/h19-24,26H,6-18,25,27-28H2,1-5H3/p+1. The normalized spacial score (nSPS) is 11.5. The van der Waals surface area contributed by atoms with Gasteiger partial charge in [0, 0.05) is 18.7 Å². The molecule has 38 heavy (non-hydrogen) atoms. The topological polar surface area (TPSA) is 42.2 Å². The van der Waals surface area contributed by atoms with Gasteiger partial charge in [0.25, 0.3) is 0 Å². The summed E-state index contributed by atoms with van der Waals surface area (Å²) in [4.78, 5) is 12.6. The third kappa shape index (κ3) is 12.9. The van der Waals surface area contributed by atoms with Crippen molar-refractivity contribution in [2.45, 2.75) is 137 Å². The molecule has 0 saturated heterocycles. The Hall–Kier alpha value is -2.36. The zero-order valence-electron chi connectivity index (χ0n) is 25.1. The van der Waals surface area contributed by atoms with E-state index in [0.717, 1.165) is 36.4 Å². The van der Waals surface area contributed by atoms with Crippen LogP contribution in [0.1, 0.15) is 128 Å². The van der Waals surface area contributed by atoms with Gasteiger partial charge in [0.15, 0.2) is 12.4 Å². The molecular weight excluding hydrogens is 468 g/mol. The Morgan fingerprint density at radius 2 is 1.37 bits per heavy atom. The first-order valence-electron chi connectivity index (χ1n) is 15.3. The molecule has 0 radical (unpaired) electrons. The van der Waals surface area contributed by atoms with Gasteiger partial charge in [-0.3, -0.25) is 4.79 Å². The van der Waals surface area contributed by atoms with Crippen molar-refractivity contribution in [2.24, 2.45) is 0 Å². The summed E-state index contributed by atoms with van der Waals surface area (Å²) in [5, 5.41) is 3.06. The largest absolute Gasteiger partial charge is 0.493 e. The molecule has 4 heteroatoms. The first kappa shape index (κ1) is 31.9. The highest BCUT2D eigenvalue weighted by molar-refractivity contribution is 5.78. The lowest BCUT2D eigenvalue weighted by Crippen LogP contribution is -2.31. The molecule has 0 spiro atoms. The van der Waals surface area contributed by atoms with Crippen LogP contribution in [-0.4, -0.2) is 12.5 Å². The Balaban J connectivity index is 1.70. The summed E-state index contributed by atoms with van der Waals surface area (Å²) in [5.74, 6) is 1.00. The third-order valence-corrected chi connectivity index (χ3v) is 7.29. The van der Waals surface area contributed by atoms with Crippen LogP contribution >= 0.6 is 0 Å². The molecule has 1 amide bonds. The number of pyridine rings is 1. The minimum Gasteiger partial charge on any atom is -0.493 e. The van der Waals surface area contributed by atoms with Crippen molar-refractivity contribution in [3.8, 4) is 5.75 Å². The van der Waals surface area contributed by atoms with Crippen molar-refractivity contribution in [3.05, 3.63) is 59.4 Å². The highest BCUT2D eigenvalue weighted by Gasteiger charge is 2.20. The van der Waals surface area contributed by atoms with Crippen molar-refractivity contribution in [1.82, 2.24) is 5.32 Å². The van der Waals surface area contributed by atoms with Gasteiger partial charge < -0.3 is 10.1 Å². The van der Waals surface area contributed by atoms with Crippen LogP contribution in [-0.2, 0) is 29.7 Å². The number of aryl methyl sites for hydroxylation is 1. The molecule has 4 nitrogen and oxygen atoms in total. The highest BCUT2D eigenvalue weighted by Crippen LogP contribution is 2.32. The van der Waals surface area contributed by atoms with Crippen LogP contribution in [0.4, 0.5) is 0 Å². The quantitative estimate of drug-likeness (QED) is 0.149. The number of amides is 1. The summed E-state index contributed by atoms with van der Waals surface area (Å²) >= 11 is 0. The Morgan fingerprint density at radius 1 is 0.789 bits per heavy atom. The van der Waals surface area contributed by atoms with Gasteiger partial charge in [-0.05, 0) is 41.5 Å². The van der Waals surface area contributed by atoms with E-state index >= 15 is 0 Å². The molecule has 0 bridgehead atoms. The van der Waals surface area contributed by atoms with Gasteiger partial charge in [-0.15, -0.1) is 0 Å². The van der Waals surface area contributed by atoms with Gasteiger partial charge in [-0.2, -0.15) is 0 Å². The summed E-state index contributed by atoms with van der Waals surface area (Å²) in [6, 6.07) is 10.4. The third-order valence-electron chi connectivity index (χ3n) is 7.29. The predicted octanol–water partition coefficient (Wildman–Crippen LogP) is 8.23. The van der Waals surface area contributed by atoms with Crippen molar-refractivity contribution >= 4 is 5.91 Å². The first-order valence-corrected chi connectivity index (χ1v) is 15.3. The SMILES string of the molecule is CCCCCCCCCCCCCCOc1ccc(CC(=O)NCc2cc[n+](CC)cc2)cc1C(C)(C)C. The molecule has 0 fully saturated rings. The zero-order chi connectivity index (χ0) is 27.6. The molecule has 1 aromatic heterocycles. The van der Waals surface area contributed by atoms with E-state index in [0.29, 0.717) is 13.0 Å². The van der Waals surface area contributed by atoms with E-state index in [1.807, 2.05) is 18.5 Å². The second-order valence-corrected chi connectivity index (χ2v) is 11.8. The molecule has 1 N–H and O–H groups in total. The van der Waals surface area contributed by atoms with E-state index in [-0.39, 0.29) is 11.3 Å². The van der Waals surface area contributed by atoms with Crippen LogP contribution in [0.3, 0.4) is 0 Å². The minimum atomic E-state index is -0.0446. The summed E-state index contributed by atoms with van der Waals surface area (Å²) in [5.41, 5.74) is 3.27. The predicted molar refractivity (Wildman–Crippen MR) is 160 cm³/mol. The maximum atomic E-state index is 12.6. The fourth-order valence-electron chi connectivity index (χ4n) is 4.79. The van der Waals surface area contributed by atoms with E-state index in [1.165, 1.54) is 76.2 Å². The van der Waals surface area contributed by atoms with Gasteiger partial charge in [0.1, 0.15) is 12.3 Å². The molecule has 0 saturated carbocycles. The van der Waals surface area contributed by atoms with E-state index in [1.54, 1.807) is 0 Å². The van der Waals surface area contributed by atoms with Crippen LogP contribution in [0, 0.1) is 0 Å². The number of rotatable bonds is 19. The number of carbonyl (C=O) groups is 1. The Morgan fingerprint density at radius 3 is 1.92 bits per heavy atom. The molecule has 0 aliphatic carbocycles. The summed E-state index contributed by atoms with van der Waals surface area (Å²) in [6.45, 7) is 13.3. The van der Waals surface area contributed by atoms with Gasteiger partial charge in [-0.25, -0.2) is 4.57 Å². The Bertz CT molecular complexity index is 915. The number of hydrogen-bond donors (Lipinski definition) is 1. The van der Waals surface area contributed by atoms with Gasteiger partial charge in [0.05, 0.1) is 13.0 Å². The molecule has 0 aliphatic rings. The molecular formula is C34H55N2O2+. The molecule has 1 heterocycles. The molecule has 0 aliphatic heterocycles. The molecule has 1 aromatic carbocycles. The van der Waals surface area contributed by atoms with Crippen LogP contribution in [0.25, 0.3) is 0 Å². The van der Waals surface area contributed by atoms with E-state index < -0.39 is 0 Å². The maximum Gasteiger partial charge on any atom is 0.224 e. The summed E-state index contributed by atoms with van der Waals surface area (Å²) < 4.78 is 8.35. The van der Waals surface area contributed by atoms with Gasteiger partial charge >= 0.3 is 0 Å². The summed E-state index contributed by atoms with van der Waals surface area (Å²) in [6.07, 6.45) is 20.6. The first-order chi connectivity index (χ1) is 18.3. The zero-order valence-corrected chi connectivity index (χ0v) is 25.1. The van der Waals surface area contributed by atoms with Crippen LogP contribution < -0.4 is 14.6 Å². The van der Waals surface area contributed by atoms with Crippen LogP contribution in [0.15, 0.2) is 42.7 Å². The molecule has 212 valence electrons. The molecule has 2 aromatic rings. The number of ether oxygens (including phenoxy) is 1. The van der Waals surface area contributed by atoms with Gasteiger partial charge in [-0.1, -0.05) is 110 Å². The fraction of sp³-hybridized carbons (Fsp3) is 0.647. The summed E-state index contributed by atoms with van der Waals surface area (Å²) in [7, 11) is 0. The lowest BCUT2D eigenvalue weighted by atomic mass is 9.85. The number of unbranched alkanes of at least 4 members (excludes halogenated alkanes) is 11. The highest BCUT2D eigenvalue weighted by atomic mass is 16.5. The molecule has 2 rings (SSSR count). The number of hydrogen-bond acceptors (Lipinski definition) is 2. The van der Waals surface area contributed by atoms with Crippen molar-refractivity contribution in [2.75, 3.05) is 6.61 Å². The second kappa shape index (κ2) is 18.0. The number of benzene rings is 1. The van der Waals surface area contributed by atoms with E-state index in [2.05, 4.69) is 68.8 Å². The number of aromatic nitrogens is 1. The fourth-order valence-corrected chi connectivity index (χ4v) is 4.79. The molecule has 0 unspecified atom stereocenters. The second-order valence-electron chi connectivity index (χ2n) is 11.8. The average molecular weight is 524 g/mol. The number of carbonyl (C=O) groups excluding carboxylic acids is 1. The lowest BCUT2D eigenvalue weighted by Gasteiger charge is -2.24. The Kier molecular flexibility index (Phi) is 15.1. The lowest BCUT2D eigenvalue weighted by molar-refractivity contribution is -0.693.